The van der Waals surface area contributed by atoms with Crippen LogP contribution >= 0.6 is 0 Å². The first kappa shape index (κ1) is 12.2. The Bertz CT molecular complexity index is 578. The van der Waals surface area contributed by atoms with Gasteiger partial charge in [0.05, 0.1) is 6.04 Å². The highest BCUT2D eigenvalue weighted by atomic mass is 16.5. The van der Waals surface area contributed by atoms with Gasteiger partial charge in [-0.1, -0.05) is 11.2 Å². The van der Waals surface area contributed by atoms with Crippen LogP contribution in [-0.2, 0) is 19.4 Å². The summed E-state index contributed by atoms with van der Waals surface area (Å²) < 4.78 is 10.7. The molecular formula is C14H17N3O2. The van der Waals surface area contributed by atoms with Crippen LogP contribution < -0.4 is 10.5 Å². The molecule has 100 valence electrons. The largest absolute Gasteiger partial charge is 0.485 e. The molecule has 0 bridgehead atoms. The maximum Gasteiger partial charge on any atom is 0.243 e. The molecule has 0 radical (unpaired) electrons. The van der Waals surface area contributed by atoms with E-state index in [4.69, 9.17) is 15.0 Å². The minimum Gasteiger partial charge on any atom is -0.485 e. The van der Waals surface area contributed by atoms with Crippen LogP contribution in [0.5, 0.6) is 5.75 Å². The quantitative estimate of drug-likeness (QED) is 0.910. The standard InChI is InChI=1S/C14H17N3O2/c1-9(15)14-16-13(17-19-14)8-18-12-6-5-10-3-2-4-11(10)7-12/h5-7,9H,2-4,8,15H2,1H3. The molecule has 5 heteroatoms. The zero-order chi connectivity index (χ0) is 13.2. The smallest absolute Gasteiger partial charge is 0.243 e. The van der Waals surface area contributed by atoms with Gasteiger partial charge in [0.2, 0.25) is 11.7 Å². The molecule has 2 aromatic rings. The maximum atomic E-state index is 5.68. The van der Waals surface area contributed by atoms with Gasteiger partial charge >= 0.3 is 0 Å². The number of hydrogen-bond donors (Lipinski definition) is 1. The van der Waals surface area contributed by atoms with Gasteiger partial charge in [-0.3, -0.25) is 0 Å². The molecule has 1 aliphatic rings. The van der Waals surface area contributed by atoms with E-state index in [-0.39, 0.29) is 6.04 Å². The molecule has 3 rings (SSSR count). The Labute approximate surface area is 111 Å². The molecule has 0 saturated heterocycles. The number of ether oxygens (including phenoxy) is 1. The topological polar surface area (TPSA) is 74.2 Å². The van der Waals surface area contributed by atoms with E-state index in [1.54, 1.807) is 6.92 Å². The lowest BCUT2D eigenvalue weighted by Crippen LogP contribution is -2.05. The molecule has 0 amide bonds. The van der Waals surface area contributed by atoms with Crippen molar-refractivity contribution in [1.82, 2.24) is 10.1 Å². The summed E-state index contributed by atoms with van der Waals surface area (Å²) in [5.74, 6) is 1.81. The number of hydrogen-bond acceptors (Lipinski definition) is 5. The third-order valence-corrected chi connectivity index (χ3v) is 3.31. The fraction of sp³-hybridized carbons (Fsp3) is 0.429. The van der Waals surface area contributed by atoms with Gasteiger partial charge in [0.25, 0.3) is 0 Å². The van der Waals surface area contributed by atoms with E-state index in [9.17, 15) is 0 Å². The predicted octanol–water partition coefficient (Wildman–Crippen LogP) is 2.16. The third kappa shape index (κ3) is 2.61. The van der Waals surface area contributed by atoms with Crippen LogP contribution in [0.3, 0.4) is 0 Å². The fourth-order valence-corrected chi connectivity index (χ4v) is 2.30. The molecule has 0 fully saturated rings. The highest BCUT2D eigenvalue weighted by molar-refractivity contribution is 5.38. The van der Waals surface area contributed by atoms with E-state index in [0.717, 1.165) is 12.2 Å². The number of rotatable bonds is 4. The number of aromatic nitrogens is 2. The Morgan fingerprint density at radius 1 is 1.37 bits per heavy atom. The number of nitrogens with two attached hydrogens (primary N) is 1. The second-order valence-electron chi connectivity index (χ2n) is 4.91. The maximum absolute atomic E-state index is 5.68. The molecule has 19 heavy (non-hydrogen) atoms. The van der Waals surface area contributed by atoms with Crippen molar-refractivity contribution in [1.29, 1.82) is 0 Å². The van der Waals surface area contributed by atoms with Crippen LogP contribution in [0.15, 0.2) is 22.7 Å². The Morgan fingerprint density at radius 2 is 2.21 bits per heavy atom. The molecule has 1 aromatic heterocycles. The Morgan fingerprint density at radius 3 is 3.00 bits per heavy atom. The summed E-state index contributed by atoms with van der Waals surface area (Å²) in [6.45, 7) is 2.10. The molecule has 1 heterocycles. The van der Waals surface area contributed by atoms with E-state index in [0.29, 0.717) is 18.3 Å². The monoisotopic (exact) mass is 259 g/mol. The molecular weight excluding hydrogens is 242 g/mol. The van der Waals surface area contributed by atoms with Gasteiger partial charge in [-0.25, -0.2) is 0 Å². The molecule has 1 atom stereocenters. The second kappa shape index (κ2) is 5.01. The normalized spacial score (nSPS) is 15.3. The predicted molar refractivity (Wildman–Crippen MR) is 69.7 cm³/mol. The van der Waals surface area contributed by atoms with Crippen LogP contribution in [0.1, 0.15) is 42.2 Å². The van der Waals surface area contributed by atoms with Gasteiger partial charge in [0.15, 0.2) is 6.61 Å². The van der Waals surface area contributed by atoms with Gasteiger partial charge in [-0.2, -0.15) is 4.98 Å². The first-order valence-corrected chi connectivity index (χ1v) is 6.55. The average molecular weight is 259 g/mol. The van der Waals surface area contributed by atoms with Gasteiger partial charge < -0.3 is 15.0 Å². The van der Waals surface area contributed by atoms with Crippen molar-refractivity contribution in [3.63, 3.8) is 0 Å². The first-order chi connectivity index (χ1) is 9.22. The number of fused-ring (bicyclic) bond motifs is 1. The minimum absolute atomic E-state index is 0.249. The van der Waals surface area contributed by atoms with Gasteiger partial charge in [-0.05, 0) is 49.4 Å². The molecule has 5 nitrogen and oxygen atoms in total. The Kier molecular flexibility index (Phi) is 3.21. The zero-order valence-electron chi connectivity index (χ0n) is 10.9. The Balaban J connectivity index is 1.65. The van der Waals surface area contributed by atoms with Gasteiger partial charge in [0.1, 0.15) is 5.75 Å². The zero-order valence-corrected chi connectivity index (χ0v) is 10.9. The summed E-state index contributed by atoms with van der Waals surface area (Å²) in [5, 5.41) is 3.83. The van der Waals surface area contributed by atoms with Gasteiger partial charge in [0, 0.05) is 0 Å². The van der Waals surface area contributed by atoms with E-state index in [1.807, 2.05) is 6.07 Å². The molecule has 0 spiro atoms. The minimum atomic E-state index is -0.249. The van der Waals surface area contributed by atoms with Crippen LogP contribution in [-0.4, -0.2) is 10.1 Å². The van der Waals surface area contributed by atoms with E-state index in [1.165, 1.54) is 24.0 Å². The van der Waals surface area contributed by atoms with Crippen LogP contribution in [0.2, 0.25) is 0 Å². The van der Waals surface area contributed by atoms with Gasteiger partial charge in [-0.15, -0.1) is 0 Å². The molecule has 0 saturated carbocycles. The third-order valence-electron chi connectivity index (χ3n) is 3.31. The summed E-state index contributed by atoms with van der Waals surface area (Å²) >= 11 is 0. The van der Waals surface area contributed by atoms with Crippen molar-refractivity contribution in [2.24, 2.45) is 5.73 Å². The average Bonchev–Trinajstić information content (AvgIpc) is 3.04. The summed E-state index contributed by atoms with van der Waals surface area (Å²) in [6, 6.07) is 5.99. The molecule has 2 N–H and O–H groups in total. The van der Waals surface area contributed by atoms with Crippen LogP contribution in [0.4, 0.5) is 0 Å². The van der Waals surface area contributed by atoms with E-state index >= 15 is 0 Å². The highest BCUT2D eigenvalue weighted by Crippen LogP contribution is 2.26. The molecule has 1 aliphatic carbocycles. The van der Waals surface area contributed by atoms with Crippen molar-refractivity contribution < 1.29 is 9.26 Å². The van der Waals surface area contributed by atoms with E-state index < -0.39 is 0 Å². The van der Waals surface area contributed by atoms with Crippen molar-refractivity contribution in [3.05, 3.63) is 41.0 Å². The summed E-state index contributed by atoms with van der Waals surface area (Å²) in [6.07, 6.45) is 3.56. The summed E-state index contributed by atoms with van der Waals surface area (Å²) in [7, 11) is 0. The lowest BCUT2D eigenvalue weighted by atomic mass is 10.1. The van der Waals surface area contributed by atoms with Crippen molar-refractivity contribution in [3.8, 4) is 5.75 Å². The highest BCUT2D eigenvalue weighted by Gasteiger charge is 2.13. The SMILES string of the molecule is CC(N)c1nc(COc2ccc3c(c2)CCC3)no1. The van der Waals surface area contributed by atoms with Crippen LogP contribution in [0, 0.1) is 0 Å². The van der Waals surface area contributed by atoms with Crippen molar-refractivity contribution in [2.75, 3.05) is 0 Å². The molecule has 1 unspecified atom stereocenters. The summed E-state index contributed by atoms with van der Waals surface area (Å²) in [4.78, 5) is 4.17. The lowest BCUT2D eigenvalue weighted by molar-refractivity contribution is 0.284. The first-order valence-electron chi connectivity index (χ1n) is 6.55. The molecule has 0 aliphatic heterocycles. The number of aryl methyl sites for hydroxylation is 2. The van der Waals surface area contributed by atoms with Crippen molar-refractivity contribution in [2.45, 2.75) is 38.8 Å². The second-order valence-corrected chi connectivity index (χ2v) is 4.91. The lowest BCUT2D eigenvalue weighted by Gasteiger charge is -2.05. The Hall–Kier alpha value is -1.88. The number of nitrogens with zero attached hydrogens (tertiary/aromatic N) is 2. The molecule has 1 aromatic carbocycles. The van der Waals surface area contributed by atoms with Crippen LogP contribution in [0.25, 0.3) is 0 Å². The van der Waals surface area contributed by atoms with E-state index in [2.05, 4.69) is 22.3 Å². The van der Waals surface area contributed by atoms with Crippen molar-refractivity contribution >= 4 is 0 Å². The summed E-state index contributed by atoms with van der Waals surface area (Å²) in [5.41, 5.74) is 8.49. The number of benzene rings is 1. The fourth-order valence-electron chi connectivity index (χ4n) is 2.30.